The molecule has 4 nitrogen and oxygen atoms in total. The van der Waals surface area contributed by atoms with E-state index in [1.807, 2.05) is 38.1 Å². The molecule has 1 atom stereocenters. The molecule has 1 aromatic carbocycles. The Morgan fingerprint density at radius 2 is 1.88 bits per heavy atom. The van der Waals surface area contributed by atoms with E-state index in [1.165, 1.54) is 5.57 Å². The topological polar surface area (TPSA) is 44.7 Å². The molecule has 0 aliphatic carbocycles. The SMILES string of the molecule is CC(C)=CCN1CCC(NCC(O)c2ccc(OC(C)C)cc2)CC1. The van der Waals surface area contributed by atoms with Crippen molar-refractivity contribution in [1.29, 1.82) is 0 Å². The van der Waals surface area contributed by atoms with Crippen molar-refractivity contribution in [3.63, 3.8) is 0 Å². The number of aliphatic hydroxyl groups excluding tert-OH is 1. The number of hydrogen-bond donors (Lipinski definition) is 2. The number of nitrogens with zero attached hydrogens (tertiary/aromatic N) is 1. The van der Waals surface area contributed by atoms with Gasteiger partial charge in [0.2, 0.25) is 0 Å². The van der Waals surface area contributed by atoms with Gasteiger partial charge in [0.15, 0.2) is 0 Å². The summed E-state index contributed by atoms with van der Waals surface area (Å²) >= 11 is 0. The molecular weight excluding hydrogens is 312 g/mol. The number of nitrogens with one attached hydrogen (secondary N) is 1. The molecule has 1 unspecified atom stereocenters. The average molecular weight is 347 g/mol. The second-order valence-electron chi connectivity index (χ2n) is 7.52. The molecule has 1 heterocycles. The van der Waals surface area contributed by atoms with Crippen molar-refractivity contribution in [2.24, 2.45) is 0 Å². The Labute approximate surface area is 152 Å². The smallest absolute Gasteiger partial charge is 0.119 e. The van der Waals surface area contributed by atoms with E-state index in [9.17, 15) is 5.11 Å². The minimum absolute atomic E-state index is 0.167. The Morgan fingerprint density at radius 3 is 2.44 bits per heavy atom. The van der Waals surface area contributed by atoms with Gasteiger partial charge < -0.3 is 15.2 Å². The van der Waals surface area contributed by atoms with Gasteiger partial charge in [-0.15, -0.1) is 0 Å². The third-order valence-electron chi connectivity index (χ3n) is 4.58. The molecule has 140 valence electrons. The van der Waals surface area contributed by atoms with Crippen LogP contribution < -0.4 is 10.1 Å². The molecule has 1 aliphatic heterocycles. The summed E-state index contributed by atoms with van der Waals surface area (Å²) in [5, 5.41) is 13.9. The third kappa shape index (κ3) is 7.18. The Kier molecular flexibility index (Phi) is 7.94. The molecule has 0 saturated carbocycles. The minimum atomic E-state index is -0.475. The van der Waals surface area contributed by atoms with Crippen LogP contribution in [0.5, 0.6) is 5.75 Å². The molecular formula is C21H34N2O2. The first-order valence-electron chi connectivity index (χ1n) is 9.48. The molecule has 2 N–H and O–H groups in total. The Balaban J connectivity index is 1.71. The lowest BCUT2D eigenvalue weighted by molar-refractivity contribution is 0.154. The van der Waals surface area contributed by atoms with Crippen molar-refractivity contribution in [3.8, 4) is 5.75 Å². The molecule has 0 bridgehead atoms. The number of benzene rings is 1. The van der Waals surface area contributed by atoms with Crippen molar-refractivity contribution < 1.29 is 9.84 Å². The molecule has 0 amide bonds. The van der Waals surface area contributed by atoms with Crippen LogP contribution in [0.25, 0.3) is 0 Å². The zero-order valence-electron chi connectivity index (χ0n) is 16.2. The number of piperidine rings is 1. The summed E-state index contributed by atoms with van der Waals surface area (Å²) in [6.45, 7) is 12.2. The number of hydrogen-bond acceptors (Lipinski definition) is 4. The lowest BCUT2D eigenvalue weighted by atomic mass is 10.0. The third-order valence-corrected chi connectivity index (χ3v) is 4.58. The summed E-state index contributed by atoms with van der Waals surface area (Å²) < 4.78 is 5.64. The van der Waals surface area contributed by atoms with Crippen molar-refractivity contribution in [2.75, 3.05) is 26.2 Å². The van der Waals surface area contributed by atoms with E-state index in [2.05, 4.69) is 30.1 Å². The van der Waals surface area contributed by atoms with E-state index in [1.54, 1.807) is 0 Å². The number of likely N-dealkylation sites (tertiary alicyclic amines) is 1. The molecule has 0 aromatic heterocycles. The minimum Gasteiger partial charge on any atom is -0.491 e. The number of ether oxygens (including phenoxy) is 1. The number of rotatable bonds is 8. The molecule has 1 aliphatic rings. The van der Waals surface area contributed by atoms with Crippen molar-refractivity contribution >= 4 is 0 Å². The first-order valence-corrected chi connectivity index (χ1v) is 9.48. The van der Waals surface area contributed by atoms with Crippen LogP contribution in [0.1, 0.15) is 52.2 Å². The quantitative estimate of drug-likeness (QED) is 0.707. The van der Waals surface area contributed by atoms with Gasteiger partial charge in [0, 0.05) is 19.1 Å². The lowest BCUT2D eigenvalue weighted by Gasteiger charge is -2.32. The van der Waals surface area contributed by atoms with Crippen LogP contribution in [0.4, 0.5) is 0 Å². The van der Waals surface area contributed by atoms with E-state index in [0.717, 1.165) is 43.8 Å². The summed E-state index contributed by atoms with van der Waals surface area (Å²) in [6.07, 6.45) is 4.27. The summed E-state index contributed by atoms with van der Waals surface area (Å²) in [5.74, 6) is 0.850. The maximum atomic E-state index is 10.4. The second-order valence-corrected chi connectivity index (χ2v) is 7.52. The highest BCUT2D eigenvalue weighted by atomic mass is 16.5. The first-order chi connectivity index (χ1) is 11.9. The van der Waals surface area contributed by atoms with Crippen molar-refractivity contribution in [3.05, 3.63) is 41.5 Å². The molecule has 1 saturated heterocycles. The average Bonchev–Trinajstić information content (AvgIpc) is 2.59. The summed E-state index contributed by atoms with van der Waals surface area (Å²) in [6, 6.07) is 8.26. The highest BCUT2D eigenvalue weighted by Crippen LogP contribution is 2.19. The van der Waals surface area contributed by atoms with Gasteiger partial charge in [0.25, 0.3) is 0 Å². The molecule has 2 rings (SSSR count). The van der Waals surface area contributed by atoms with Crippen molar-refractivity contribution in [1.82, 2.24) is 10.2 Å². The monoisotopic (exact) mass is 346 g/mol. The molecule has 0 spiro atoms. The largest absolute Gasteiger partial charge is 0.491 e. The van der Waals surface area contributed by atoms with E-state index >= 15 is 0 Å². The Hall–Kier alpha value is -1.36. The highest BCUT2D eigenvalue weighted by molar-refractivity contribution is 5.28. The van der Waals surface area contributed by atoms with Crippen LogP contribution in [0, 0.1) is 0 Å². The zero-order chi connectivity index (χ0) is 18.2. The summed E-state index contributed by atoms with van der Waals surface area (Å²) in [7, 11) is 0. The van der Waals surface area contributed by atoms with Gasteiger partial charge in [-0.05, 0) is 71.3 Å². The first kappa shape index (κ1) is 20.0. The van der Waals surface area contributed by atoms with Gasteiger partial charge in [-0.25, -0.2) is 0 Å². The van der Waals surface area contributed by atoms with Crippen LogP contribution in [0.2, 0.25) is 0 Å². The van der Waals surface area contributed by atoms with Gasteiger partial charge >= 0.3 is 0 Å². The van der Waals surface area contributed by atoms with Crippen LogP contribution in [0.3, 0.4) is 0 Å². The van der Waals surface area contributed by atoms with Gasteiger partial charge in [-0.2, -0.15) is 0 Å². The molecule has 0 radical (unpaired) electrons. The van der Waals surface area contributed by atoms with Crippen LogP contribution in [0.15, 0.2) is 35.9 Å². The van der Waals surface area contributed by atoms with Gasteiger partial charge in [-0.1, -0.05) is 23.8 Å². The van der Waals surface area contributed by atoms with Crippen LogP contribution in [-0.4, -0.2) is 48.3 Å². The van der Waals surface area contributed by atoms with Gasteiger partial charge in [-0.3, -0.25) is 4.90 Å². The van der Waals surface area contributed by atoms with Gasteiger partial charge in [0.05, 0.1) is 12.2 Å². The molecule has 25 heavy (non-hydrogen) atoms. The fraction of sp³-hybridized carbons (Fsp3) is 0.619. The standard InChI is InChI=1S/C21H34N2O2/c1-16(2)9-12-23-13-10-19(11-14-23)22-15-21(24)18-5-7-20(8-6-18)25-17(3)4/h5-9,17,19,21-22,24H,10-15H2,1-4H3. The number of allylic oxidation sites excluding steroid dienone is 1. The maximum absolute atomic E-state index is 10.4. The lowest BCUT2D eigenvalue weighted by Crippen LogP contribution is -2.43. The van der Waals surface area contributed by atoms with E-state index in [4.69, 9.17) is 4.74 Å². The Morgan fingerprint density at radius 1 is 1.24 bits per heavy atom. The van der Waals surface area contributed by atoms with Crippen LogP contribution >= 0.6 is 0 Å². The van der Waals surface area contributed by atoms with E-state index in [0.29, 0.717) is 12.6 Å². The predicted molar refractivity (Wildman–Crippen MR) is 104 cm³/mol. The fourth-order valence-electron chi connectivity index (χ4n) is 3.07. The van der Waals surface area contributed by atoms with Crippen molar-refractivity contribution in [2.45, 2.75) is 58.8 Å². The normalized spacial score (nSPS) is 17.5. The summed E-state index contributed by atoms with van der Waals surface area (Å²) in [5.41, 5.74) is 2.32. The van der Waals surface area contributed by atoms with E-state index in [-0.39, 0.29) is 6.10 Å². The Bertz CT molecular complexity index is 527. The highest BCUT2D eigenvalue weighted by Gasteiger charge is 2.19. The van der Waals surface area contributed by atoms with Crippen LogP contribution in [-0.2, 0) is 0 Å². The molecule has 4 heteroatoms. The van der Waals surface area contributed by atoms with Gasteiger partial charge in [0.1, 0.15) is 5.75 Å². The molecule has 1 aromatic rings. The predicted octanol–water partition coefficient (Wildman–Crippen LogP) is 3.53. The zero-order valence-corrected chi connectivity index (χ0v) is 16.2. The number of aliphatic hydroxyl groups is 1. The second kappa shape index (κ2) is 9.95. The fourth-order valence-corrected chi connectivity index (χ4v) is 3.07. The van der Waals surface area contributed by atoms with E-state index < -0.39 is 6.10 Å². The molecule has 1 fully saturated rings. The summed E-state index contributed by atoms with van der Waals surface area (Å²) in [4.78, 5) is 2.50. The maximum Gasteiger partial charge on any atom is 0.119 e.